The van der Waals surface area contributed by atoms with Crippen LogP contribution in [0.5, 0.6) is 5.75 Å². The summed E-state index contributed by atoms with van der Waals surface area (Å²) in [6.07, 6.45) is 0. The maximum absolute atomic E-state index is 12.2. The molecule has 14 heteroatoms. The summed E-state index contributed by atoms with van der Waals surface area (Å²) in [5, 5.41) is 25.6. The highest BCUT2D eigenvalue weighted by Gasteiger charge is 2.25. The van der Waals surface area contributed by atoms with Crippen LogP contribution in [0.3, 0.4) is 0 Å². The highest BCUT2D eigenvalue weighted by molar-refractivity contribution is 6.33. The number of aromatic nitrogens is 4. The molecule has 0 unspecified atom stereocenters. The monoisotopic (exact) mass is 513 g/mol. The minimum Gasteiger partial charge on any atom is -0.484 e. The number of hydrogen-bond donors (Lipinski definition) is 2. The lowest BCUT2D eigenvalue weighted by Crippen LogP contribution is -2.36. The third-order valence-electron chi connectivity index (χ3n) is 5.07. The maximum Gasteiger partial charge on any atom is 0.408 e. The zero-order valence-corrected chi connectivity index (χ0v) is 19.7. The molecule has 0 spiro atoms. The van der Waals surface area contributed by atoms with Crippen LogP contribution in [-0.2, 0) is 11.3 Å². The second-order valence-electron chi connectivity index (χ2n) is 7.56. The summed E-state index contributed by atoms with van der Waals surface area (Å²) in [5.41, 5.74) is 0.347. The summed E-state index contributed by atoms with van der Waals surface area (Å²) in [4.78, 5) is 38.4. The molecule has 2 amide bonds. The number of nitrogens with zero attached hydrogens (tertiary/aromatic N) is 5. The van der Waals surface area contributed by atoms with Crippen molar-refractivity contribution < 1.29 is 23.8 Å². The van der Waals surface area contributed by atoms with Crippen molar-refractivity contribution in [1.82, 2.24) is 30.6 Å². The van der Waals surface area contributed by atoms with Crippen molar-refractivity contribution >= 4 is 40.0 Å². The lowest BCUT2D eigenvalue weighted by atomic mass is 10.1. The Morgan fingerprint density at radius 2 is 1.92 bits per heavy atom. The van der Waals surface area contributed by atoms with E-state index >= 15 is 0 Å². The van der Waals surface area contributed by atoms with E-state index in [0.29, 0.717) is 11.4 Å². The molecule has 0 aliphatic carbocycles. The fourth-order valence-corrected chi connectivity index (χ4v) is 3.44. The second-order valence-corrected chi connectivity index (χ2v) is 7.93. The molecule has 13 nitrogen and oxygen atoms in total. The molecule has 2 aromatic carbocycles. The van der Waals surface area contributed by atoms with Crippen LogP contribution >= 0.6 is 11.6 Å². The van der Waals surface area contributed by atoms with Gasteiger partial charge in [0.1, 0.15) is 12.3 Å². The van der Waals surface area contributed by atoms with Crippen molar-refractivity contribution in [3.05, 3.63) is 75.0 Å². The number of ether oxygens (including phenoxy) is 1. The summed E-state index contributed by atoms with van der Waals surface area (Å²) >= 11 is 5.90. The molecule has 0 radical (unpaired) electrons. The Hall–Kier alpha value is -4.52. The van der Waals surface area contributed by atoms with Crippen LogP contribution in [0.4, 0.5) is 5.82 Å². The topological polar surface area (TPSA) is 167 Å². The molecule has 0 atom stereocenters. The number of halogens is 1. The van der Waals surface area contributed by atoms with Gasteiger partial charge in [-0.25, -0.2) is 0 Å². The Labute approximate surface area is 208 Å². The molecule has 4 aromatic rings. The lowest BCUT2D eigenvalue weighted by molar-refractivity contribution is -0.389. The van der Waals surface area contributed by atoms with E-state index in [1.54, 1.807) is 13.0 Å². The Kier molecular flexibility index (Phi) is 7.39. The standard InChI is InChI=1S/C22H20ClN7O6/c1-13-19(23)20(30(33)34)27-29(13)11-17-26-22(36-28-17)21(32)25-9-8-24-18(31)12-35-16-7-6-14-4-2-3-5-15(14)10-16/h2-7,10H,8-9,11-12H2,1H3,(H,24,31)(H,25,32). The van der Waals surface area contributed by atoms with E-state index in [1.165, 1.54) is 4.68 Å². The van der Waals surface area contributed by atoms with E-state index in [-0.39, 0.29) is 48.9 Å². The van der Waals surface area contributed by atoms with E-state index in [1.807, 2.05) is 36.4 Å². The third-order valence-corrected chi connectivity index (χ3v) is 5.51. The molecular formula is C22H20ClN7O6. The fraction of sp³-hybridized carbons (Fsp3) is 0.227. The predicted octanol–water partition coefficient (Wildman–Crippen LogP) is 2.26. The van der Waals surface area contributed by atoms with Gasteiger partial charge in [-0.2, -0.15) is 9.67 Å². The van der Waals surface area contributed by atoms with Gasteiger partial charge in [0, 0.05) is 13.1 Å². The van der Waals surface area contributed by atoms with Crippen LogP contribution < -0.4 is 15.4 Å². The zero-order chi connectivity index (χ0) is 25.7. The van der Waals surface area contributed by atoms with E-state index < -0.39 is 16.6 Å². The van der Waals surface area contributed by atoms with Crippen LogP contribution in [0.25, 0.3) is 10.8 Å². The number of rotatable bonds is 10. The number of carbonyl (C=O) groups is 2. The quantitative estimate of drug-likeness (QED) is 0.183. The molecule has 0 fully saturated rings. The van der Waals surface area contributed by atoms with Crippen molar-refractivity contribution in [3.8, 4) is 5.75 Å². The van der Waals surface area contributed by atoms with Gasteiger partial charge in [-0.15, -0.1) is 0 Å². The first-order chi connectivity index (χ1) is 17.3. The first-order valence-electron chi connectivity index (χ1n) is 10.7. The molecule has 0 saturated heterocycles. The number of fused-ring (bicyclic) bond motifs is 1. The van der Waals surface area contributed by atoms with E-state index in [2.05, 4.69) is 25.9 Å². The number of hydrogen-bond acceptors (Lipinski definition) is 9. The van der Waals surface area contributed by atoms with Crippen molar-refractivity contribution in [2.45, 2.75) is 13.5 Å². The first kappa shape index (κ1) is 24.6. The zero-order valence-electron chi connectivity index (χ0n) is 18.9. The average molecular weight is 514 g/mol. The highest BCUT2D eigenvalue weighted by Crippen LogP contribution is 2.26. The molecule has 2 aromatic heterocycles. The summed E-state index contributed by atoms with van der Waals surface area (Å²) in [5.74, 6) is -1.12. The van der Waals surface area contributed by atoms with Gasteiger partial charge in [-0.05, 0) is 34.8 Å². The van der Waals surface area contributed by atoms with Crippen LogP contribution in [0.1, 0.15) is 22.2 Å². The van der Waals surface area contributed by atoms with Gasteiger partial charge in [0.05, 0.1) is 10.8 Å². The molecule has 4 rings (SSSR count). The summed E-state index contributed by atoms with van der Waals surface area (Å²) in [6.45, 7) is 1.56. The molecule has 0 bridgehead atoms. The van der Waals surface area contributed by atoms with Crippen molar-refractivity contribution in [3.63, 3.8) is 0 Å². The Morgan fingerprint density at radius 1 is 1.17 bits per heavy atom. The summed E-state index contributed by atoms with van der Waals surface area (Å²) < 4.78 is 11.7. The molecule has 2 N–H and O–H groups in total. The summed E-state index contributed by atoms with van der Waals surface area (Å²) in [6, 6.07) is 13.4. The van der Waals surface area contributed by atoms with Crippen LogP contribution in [0, 0.1) is 17.0 Å². The smallest absolute Gasteiger partial charge is 0.408 e. The highest BCUT2D eigenvalue weighted by atomic mass is 35.5. The first-order valence-corrected chi connectivity index (χ1v) is 11.1. The van der Waals surface area contributed by atoms with Gasteiger partial charge < -0.3 is 30.0 Å². The van der Waals surface area contributed by atoms with E-state index in [9.17, 15) is 19.7 Å². The predicted molar refractivity (Wildman–Crippen MR) is 127 cm³/mol. The Balaban J connectivity index is 1.20. The van der Waals surface area contributed by atoms with Gasteiger partial charge in [0.25, 0.3) is 5.91 Å². The SMILES string of the molecule is Cc1c(Cl)c([N+](=O)[O-])nn1Cc1noc(C(=O)NCCNC(=O)COc2ccc3ccccc3c2)n1. The van der Waals surface area contributed by atoms with Crippen LogP contribution in [0.2, 0.25) is 5.02 Å². The van der Waals surface area contributed by atoms with E-state index in [0.717, 1.165) is 10.8 Å². The van der Waals surface area contributed by atoms with Crippen LogP contribution in [-0.4, -0.2) is 56.4 Å². The molecule has 36 heavy (non-hydrogen) atoms. The lowest BCUT2D eigenvalue weighted by Gasteiger charge is -2.08. The van der Waals surface area contributed by atoms with Crippen molar-refractivity contribution in [2.24, 2.45) is 0 Å². The molecule has 2 heterocycles. The molecule has 0 aliphatic rings. The molecule has 186 valence electrons. The minimum atomic E-state index is -0.699. The third kappa shape index (κ3) is 5.75. The van der Waals surface area contributed by atoms with Gasteiger partial charge in [0.2, 0.25) is 0 Å². The van der Waals surface area contributed by atoms with Gasteiger partial charge in [0.15, 0.2) is 17.5 Å². The minimum absolute atomic E-state index is 0.0799. The number of carbonyl (C=O) groups excluding carboxylic acids is 2. The van der Waals surface area contributed by atoms with Crippen molar-refractivity contribution in [2.75, 3.05) is 19.7 Å². The van der Waals surface area contributed by atoms with Crippen LogP contribution in [0.15, 0.2) is 47.0 Å². The summed E-state index contributed by atoms with van der Waals surface area (Å²) in [7, 11) is 0. The average Bonchev–Trinajstić information content (AvgIpc) is 3.45. The van der Waals surface area contributed by atoms with Gasteiger partial charge in [-0.3, -0.25) is 9.59 Å². The fourth-order valence-electron chi connectivity index (χ4n) is 3.23. The van der Waals surface area contributed by atoms with Crippen molar-refractivity contribution in [1.29, 1.82) is 0 Å². The molecule has 0 aliphatic heterocycles. The van der Waals surface area contributed by atoms with Gasteiger partial charge >= 0.3 is 17.6 Å². The number of nitro groups is 1. The Bertz CT molecular complexity index is 1430. The molecular weight excluding hydrogens is 494 g/mol. The second kappa shape index (κ2) is 10.8. The maximum atomic E-state index is 12.2. The Morgan fingerprint density at radius 3 is 2.67 bits per heavy atom. The number of benzene rings is 2. The number of nitrogens with one attached hydrogen (secondary N) is 2. The largest absolute Gasteiger partial charge is 0.484 e. The number of amides is 2. The van der Waals surface area contributed by atoms with Gasteiger partial charge in [-0.1, -0.05) is 47.1 Å². The molecule has 0 saturated carbocycles. The normalized spacial score (nSPS) is 10.8. The van der Waals surface area contributed by atoms with E-state index in [4.69, 9.17) is 20.9 Å².